The molecule has 2 aromatic carbocycles. The number of hydrogen-bond donors (Lipinski definition) is 1. The monoisotopic (exact) mass is 443 g/mol. The van der Waals surface area contributed by atoms with Gasteiger partial charge in [-0.2, -0.15) is 0 Å². The third-order valence-electron chi connectivity index (χ3n) is 5.36. The quantitative estimate of drug-likeness (QED) is 0.763. The molecule has 0 saturated heterocycles. The zero-order valence-corrected chi connectivity index (χ0v) is 18.7. The van der Waals surface area contributed by atoms with E-state index in [1.807, 2.05) is 37.3 Å². The van der Waals surface area contributed by atoms with Gasteiger partial charge in [0.05, 0.1) is 35.0 Å². The molecule has 2 aliphatic rings. The molecule has 2 amide bonds. The molecule has 0 saturated carbocycles. The van der Waals surface area contributed by atoms with E-state index in [1.54, 1.807) is 29.7 Å². The number of ether oxygens (including phenoxy) is 1. The number of benzene rings is 2. The van der Waals surface area contributed by atoms with Gasteiger partial charge >= 0.3 is 6.09 Å². The summed E-state index contributed by atoms with van der Waals surface area (Å²) in [4.78, 5) is 28.3. The minimum Gasteiger partial charge on any atom is -0.446 e. The molecule has 2 aromatic rings. The van der Waals surface area contributed by atoms with Gasteiger partial charge in [-0.3, -0.25) is 14.4 Å². The van der Waals surface area contributed by atoms with Crippen LogP contribution in [0.3, 0.4) is 0 Å². The highest BCUT2D eigenvalue weighted by atomic mass is 32.2. The number of nitrogens with one attached hydrogen (secondary N) is 1. The van der Waals surface area contributed by atoms with Crippen LogP contribution in [-0.2, 0) is 25.3 Å². The molecule has 1 N–H and O–H groups in total. The number of carbonyl (C=O) groups excluding carboxylic acids is 2. The fourth-order valence-electron chi connectivity index (χ4n) is 4.12. The van der Waals surface area contributed by atoms with Gasteiger partial charge in [0.1, 0.15) is 0 Å². The number of anilines is 3. The maximum atomic E-state index is 12.8. The number of nitrogens with zero attached hydrogens (tertiary/aromatic N) is 2. The van der Waals surface area contributed by atoms with Crippen LogP contribution in [0.5, 0.6) is 0 Å². The summed E-state index contributed by atoms with van der Waals surface area (Å²) in [5, 5.41) is 0. The van der Waals surface area contributed by atoms with Crippen LogP contribution in [0.15, 0.2) is 36.4 Å². The largest absolute Gasteiger partial charge is 0.446 e. The Morgan fingerprint density at radius 1 is 1.10 bits per heavy atom. The number of fused-ring (bicyclic) bond motifs is 2. The lowest BCUT2D eigenvalue weighted by molar-refractivity contribution is -0.117. The minimum atomic E-state index is -3.34. The van der Waals surface area contributed by atoms with Crippen molar-refractivity contribution in [2.24, 2.45) is 0 Å². The van der Waals surface area contributed by atoms with E-state index in [9.17, 15) is 18.0 Å². The van der Waals surface area contributed by atoms with Crippen LogP contribution in [-0.4, -0.2) is 39.1 Å². The molecule has 2 aliphatic heterocycles. The zero-order chi connectivity index (χ0) is 22.5. The normalized spacial score (nSPS) is 18.9. The highest BCUT2D eigenvalue weighted by Crippen LogP contribution is 2.40. The van der Waals surface area contributed by atoms with Crippen LogP contribution in [0, 0.1) is 0 Å². The predicted molar refractivity (Wildman–Crippen MR) is 120 cm³/mol. The first kappa shape index (κ1) is 21.2. The van der Waals surface area contributed by atoms with Gasteiger partial charge in [0.15, 0.2) is 0 Å². The molecule has 2 heterocycles. The van der Waals surface area contributed by atoms with Crippen molar-refractivity contribution in [3.05, 3.63) is 42.0 Å². The van der Waals surface area contributed by atoms with Crippen molar-refractivity contribution in [3.63, 3.8) is 0 Å². The van der Waals surface area contributed by atoms with E-state index in [0.29, 0.717) is 29.2 Å². The maximum absolute atomic E-state index is 12.8. The predicted octanol–water partition coefficient (Wildman–Crippen LogP) is 3.72. The number of sulfonamides is 1. The Morgan fingerprint density at radius 2 is 1.77 bits per heavy atom. The second kappa shape index (κ2) is 7.56. The number of hydrogen-bond acceptors (Lipinski definition) is 5. The van der Waals surface area contributed by atoms with E-state index >= 15 is 0 Å². The minimum absolute atomic E-state index is 0.0659. The number of amides is 2. The molecule has 31 heavy (non-hydrogen) atoms. The first-order valence-corrected chi connectivity index (χ1v) is 11.8. The van der Waals surface area contributed by atoms with E-state index < -0.39 is 16.1 Å². The molecular weight excluding hydrogens is 418 g/mol. The Bertz CT molecular complexity index is 1180. The molecule has 9 heteroatoms. The summed E-state index contributed by atoms with van der Waals surface area (Å²) in [6, 6.07) is 10.7. The standard InChI is InChI=1S/C22H25N3O5S/c1-13(2)30-22(27)24-11-14(3)25(15(4)26)20-8-6-17(10-21(20)24)16-5-7-19-18(9-16)12-31(28,29)23-19/h5-10,13-14,23H,11-12H2,1-4H3/t14-/m0/s1. The van der Waals surface area contributed by atoms with Gasteiger partial charge in [-0.15, -0.1) is 0 Å². The summed E-state index contributed by atoms with van der Waals surface area (Å²) in [7, 11) is -3.34. The first-order chi connectivity index (χ1) is 14.6. The second-order valence-electron chi connectivity index (χ2n) is 8.22. The molecule has 0 aliphatic carbocycles. The zero-order valence-electron chi connectivity index (χ0n) is 17.9. The van der Waals surface area contributed by atoms with Gasteiger partial charge in [-0.05, 0) is 61.7 Å². The average molecular weight is 444 g/mol. The molecule has 0 fully saturated rings. The molecule has 0 unspecified atom stereocenters. The molecule has 164 valence electrons. The van der Waals surface area contributed by atoms with Crippen molar-refractivity contribution in [1.29, 1.82) is 0 Å². The molecule has 8 nitrogen and oxygen atoms in total. The molecule has 4 rings (SSSR count). The molecular formula is C22H25N3O5S. The lowest BCUT2D eigenvalue weighted by Gasteiger charge is -2.40. The SMILES string of the molecule is CC(=O)N1c2ccc(-c3ccc4c(c3)CS(=O)(=O)N4)cc2N(C(=O)OC(C)C)C[C@@H]1C. The molecule has 0 aromatic heterocycles. The van der Waals surface area contributed by atoms with Gasteiger partial charge in [-0.1, -0.05) is 12.1 Å². The van der Waals surface area contributed by atoms with E-state index in [1.165, 1.54) is 6.92 Å². The first-order valence-electron chi connectivity index (χ1n) is 10.1. The Balaban J connectivity index is 1.79. The summed E-state index contributed by atoms with van der Waals surface area (Å²) < 4.78 is 31.7. The molecule has 0 bridgehead atoms. The summed E-state index contributed by atoms with van der Waals surface area (Å²) >= 11 is 0. The lowest BCUT2D eigenvalue weighted by Crippen LogP contribution is -2.51. The Kier molecular flexibility index (Phi) is 5.17. The Labute approximate surface area is 181 Å². The molecule has 1 atom stereocenters. The second-order valence-corrected chi connectivity index (χ2v) is 9.94. The van der Waals surface area contributed by atoms with Crippen molar-refractivity contribution in [1.82, 2.24) is 0 Å². The van der Waals surface area contributed by atoms with Crippen molar-refractivity contribution in [3.8, 4) is 11.1 Å². The van der Waals surface area contributed by atoms with E-state index in [0.717, 1.165) is 11.1 Å². The van der Waals surface area contributed by atoms with Gasteiger partial charge in [-0.25, -0.2) is 13.2 Å². The fourth-order valence-corrected chi connectivity index (χ4v) is 5.38. The van der Waals surface area contributed by atoms with Crippen LogP contribution >= 0.6 is 0 Å². The van der Waals surface area contributed by atoms with Crippen molar-refractivity contribution >= 4 is 39.1 Å². The van der Waals surface area contributed by atoms with Gasteiger partial charge in [0.2, 0.25) is 15.9 Å². The summed E-state index contributed by atoms with van der Waals surface area (Å²) in [6.07, 6.45) is -0.737. The Hall–Kier alpha value is -3.07. The number of rotatable bonds is 2. The van der Waals surface area contributed by atoms with Crippen LogP contribution in [0.1, 0.15) is 33.3 Å². The van der Waals surface area contributed by atoms with Crippen LogP contribution < -0.4 is 14.5 Å². The highest BCUT2D eigenvalue weighted by molar-refractivity contribution is 7.92. The molecule has 0 radical (unpaired) electrons. The Morgan fingerprint density at radius 3 is 2.45 bits per heavy atom. The van der Waals surface area contributed by atoms with Gasteiger partial charge in [0.25, 0.3) is 0 Å². The van der Waals surface area contributed by atoms with Gasteiger partial charge < -0.3 is 9.64 Å². The lowest BCUT2D eigenvalue weighted by atomic mass is 9.99. The van der Waals surface area contributed by atoms with Crippen molar-refractivity contribution < 1.29 is 22.7 Å². The summed E-state index contributed by atoms with van der Waals surface area (Å²) in [6.45, 7) is 7.29. The molecule has 0 spiro atoms. The van der Waals surface area contributed by atoms with Gasteiger partial charge in [0, 0.05) is 13.5 Å². The van der Waals surface area contributed by atoms with E-state index in [-0.39, 0.29) is 23.8 Å². The fraction of sp³-hybridized carbons (Fsp3) is 0.364. The number of carbonyl (C=O) groups is 2. The van der Waals surface area contributed by atoms with Crippen LogP contribution in [0.4, 0.5) is 21.9 Å². The van der Waals surface area contributed by atoms with Crippen molar-refractivity contribution in [2.45, 2.75) is 45.6 Å². The smallest absolute Gasteiger partial charge is 0.414 e. The maximum Gasteiger partial charge on any atom is 0.414 e. The van der Waals surface area contributed by atoms with E-state index in [4.69, 9.17) is 4.74 Å². The van der Waals surface area contributed by atoms with Crippen LogP contribution in [0.2, 0.25) is 0 Å². The third-order valence-corrected chi connectivity index (χ3v) is 6.58. The summed E-state index contributed by atoms with van der Waals surface area (Å²) in [5.41, 5.74) is 4.14. The van der Waals surface area contributed by atoms with E-state index in [2.05, 4.69) is 4.72 Å². The van der Waals surface area contributed by atoms with Crippen molar-refractivity contribution in [2.75, 3.05) is 21.1 Å². The summed E-state index contributed by atoms with van der Waals surface area (Å²) in [5.74, 6) is -0.170. The van der Waals surface area contributed by atoms with Crippen LogP contribution in [0.25, 0.3) is 11.1 Å². The average Bonchev–Trinajstić information content (AvgIpc) is 2.98. The topological polar surface area (TPSA) is 96.0 Å². The third kappa shape index (κ3) is 3.97. The highest BCUT2D eigenvalue weighted by Gasteiger charge is 2.35.